The minimum absolute atomic E-state index is 0.595. The lowest BCUT2D eigenvalue weighted by Crippen LogP contribution is -2.11. The first-order chi connectivity index (χ1) is 10.3. The molecule has 1 aromatic carbocycles. The van der Waals surface area contributed by atoms with Gasteiger partial charge < -0.3 is 9.47 Å². The van der Waals surface area contributed by atoms with E-state index in [1.54, 1.807) is 6.07 Å². The summed E-state index contributed by atoms with van der Waals surface area (Å²) < 4.78 is 10.1. The molecule has 1 rings (SSSR count). The van der Waals surface area contributed by atoms with Crippen molar-refractivity contribution < 1.29 is 14.3 Å². The molecule has 0 saturated carbocycles. The summed E-state index contributed by atoms with van der Waals surface area (Å²) in [5, 5.41) is 2.59. The van der Waals surface area contributed by atoms with Gasteiger partial charge in [0.15, 0.2) is 0 Å². The molecule has 0 unspecified atom stereocenters. The van der Waals surface area contributed by atoms with Crippen molar-refractivity contribution in [3.8, 4) is 5.75 Å². The molecule has 0 aliphatic rings. The molecule has 1 N–H and O–H groups in total. The van der Waals surface area contributed by atoms with Crippen LogP contribution in [0.5, 0.6) is 5.75 Å². The summed E-state index contributed by atoms with van der Waals surface area (Å²) in [6.07, 6.45) is 8.12. The van der Waals surface area contributed by atoms with Crippen LogP contribution in [0.2, 0.25) is 0 Å². The summed E-state index contributed by atoms with van der Waals surface area (Å²) >= 11 is 0. The molecule has 0 atom stereocenters. The normalized spacial score (nSPS) is 10.2. The number of amides is 1. The Morgan fingerprint density at radius 2 is 1.76 bits per heavy atom. The topological polar surface area (TPSA) is 47.6 Å². The number of carbonyl (C=O) groups excluding carboxylic acids is 1. The number of ether oxygens (including phenoxy) is 2. The van der Waals surface area contributed by atoms with E-state index in [0.717, 1.165) is 6.42 Å². The molecule has 0 spiro atoms. The third-order valence-electron chi connectivity index (χ3n) is 3.26. The van der Waals surface area contributed by atoms with Crippen LogP contribution in [0.3, 0.4) is 0 Å². The minimum atomic E-state index is -0.595. The van der Waals surface area contributed by atoms with Gasteiger partial charge in [0.25, 0.3) is 0 Å². The second-order valence-electron chi connectivity index (χ2n) is 5.02. The zero-order chi connectivity index (χ0) is 15.3. The van der Waals surface area contributed by atoms with Crippen LogP contribution in [0.25, 0.3) is 0 Å². The highest BCUT2D eigenvalue weighted by Gasteiger charge is 2.06. The zero-order valence-corrected chi connectivity index (χ0v) is 12.9. The number of hydrogen-bond acceptors (Lipinski definition) is 3. The number of carbonyl (C=O) groups is 1. The van der Waals surface area contributed by atoms with Crippen molar-refractivity contribution in [1.82, 2.24) is 0 Å². The Labute approximate surface area is 127 Å². The molecule has 1 aromatic rings. The fraction of sp³-hybridized carbons (Fsp3) is 0.529. The van der Waals surface area contributed by atoms with Gasteiger partial charge in [-0.15, -0.1) is 0 Å². The molecule has 0 bridgehead atoms. The molecular weight excluding hydrogens is 266 g/mol. The van der Waals surface area contributed by atoms with Crippen LogP contribution >= 0.6 is 0 Å². The molecule has 0 aliphatic carbocycles. The molecule has 4 heteroatoms. The Hall–Kier alpha value is -1.71. The lowest BCUT2D eigenvalue weighted by Gasteiger charge is -2.11. The van der Waals surface area contributed by atoms with Crippen molar-refractivity contribution in [2.75, 3.05) is 11.9 Å². The van der Waals surface area contributed by atoms with E-state index in [2.05, 4.69) is 24.1 Å². The van der Waals surface area contributed by atoms with Crippen molar-refractivity contribution in [3.05, 3.63) is 31.4 Å². The van der Waals surface area contributed by atoms with E-state index in [9.17, 15) is 4.79 Å². The van der Waals surface area contributed by atoms with Gasteiger partial charge in [-0.3, -0.25) is 5.32 Å². The number of para-hydroxylation sites is 2. The standard InChI is InChI=1S/C17H26NO3/c1-3-4-5-6-7-8-11-14-21-16-13-10-9-12-15(16)18-17(19)20-2/h9-10,12-13H,2-8,11,14H2,1H3,(H,18,19). The highest BCUT2D eigenvalue weighted by atomic mass is 16.5. The SMILES string of the molecule is [CH2]OC(=O)Nc1ccccc1OCCCCCCCCC. The molecule has 117 valence electrons. The third-order valence-corrected chi connectivity index (χ3v) is 3.26. The summed E-state index contributed by atoms with van der Waals surface area (Å²) in [7, 11) is 3.08. The predicted octanol–water partition coefficient (Wildman–Crippen LogP) is 5.16. The Morgan fingerprint density at radius 3 is 2.48 bits per heavy atom. The highest BCUT2D eigenvalue weighted by Crippen LogP contribution is 2.24. The molecule has 0 heterocycles. The first-order valence-corrected chi connectivity index (χ1v) is 7.72. The molecule has 1 amide bonds. The summed E-state index contributed by atoms with van der Waals surface area (Å²) in [4.78, 5) is 11.2. The summed E-state index contributed by atoms with van der Waals surface area (Å²) in [6.45, 7) is 2.88. The van der Waals surface area contributed by atoms with Crippen LogP contribution in [0.1, 0.15) is 51.9 Å². The van der Waals surface area contributed by atoms with Crippen molar-refractivity contribution in [1.29, 1.82) is 0 Å². The van der Waals surface area contributed by atoms with Gasteiger partial charge in [-0.25, -0.2) is 4.79 Å². The van der Waals surface area contributed by atoms with Gasteiger partial charge in [0.05, 0.1) is 12.3 Å². The average Bonchev–Trinajstić information content (AvgIpc) is 2.51. The minimum Gasteiger partial charge on any atom is -0.491 e. The number of rotatable bonds is 10. The number of anilines is 1. The summed E-state index contributed by atoms with van der Waals surface area (Å²) in [5.74, 6) is 0.661. The van der Waals surface area contributed by atoms with Crippen molar-refractivity contribution in [3.63, 3.8) is 0 Å². The maximum atomic E-state index is 11.2. The van der Waals surface area contributed by atoms with Gasteiger partial charge in [-0.1, -0.05) is 57.6 Å². The first kappa shape index (κ1) is 17.3. The van der Waals surface area contributed by atoms with E-state index in [1.165, 1.54) is 38.5 Å². The van der Waals surface area contributed by atoms with Crippen LogP contribution in [0.4, 0.5) is 10.5 Å². The molecule has 0 aromatic heterocycles. The van der Waals surface area contributed by atoms with Gasteiger partial charge in [-0.05, 0) is 18.6 Å². The number of hydrogen-bond donors (Lipinski definition) is 1. The van der Waals surface area contributed by atoms with Gasteiger partial charge >= 0.3 is 6.09 Å². The van der Waals surface area contributed by atoms with Crippen LogP contribution in [-0.2, 0) is 4.74 Å². The molecule has 21 heavy (non-hydrogen) atoms. The fourth-order valence-corrected chi connectivity index (χ4v) is 2.08. The zero-order valence-electron chi connectivity index (χ0n) is 12.9. The smallest absolute Gasteiger partial charge is 0.411 e. The first-order valence-electron chi connectivity index (χ1n) is 7.72. The van der Waals surface area contributed by atoms with Gasteiger partial charge in [0, 0.05) is 0 Å². The number of nitrogens with one attached hydrogen (secondary N) is 1. The van der Waals surface area contributed by atoms with Gasteiger partial charge in [0.1, 0.15) is 12.9 Å². The van der Waals surface area contributed by atoms with E-state index >= 15 is 0 Å². The fourth-order valence-electron chi connectivity index (χ4n) is 2.08. The van der Waals surface area contributed by atoms with Crippen LogP contribution in [0.15, 0.2) is 24.3 Å². The Bertz CT molecular complexity index is 407. The lowest BCUT2D eigenvalue weighted by atomic mass is 10.1. The average molecular weight is 292 g/mol. The monoisotopic (exact) mass is 292 g/mol. The quantitative estimate of drug-likeness (QED) is 0.606. The summed E-state index contributed by atoms with van der Waals surface area (Å²) in [5.41, 5.74) is 0.606. The highest BCUT2D eigenvalue weighted by molar-refractivity contribution is 5.86. The third kappa shape index (κ3) is 7.59. The van der Waals surface area contributed by atoms with E-state index in [4.69, 9.17) is 4.74 Å². The van der Waals surface area contributed by atoms with Gasteiger partial charge in [0.2, 0.25) is 0 Å². The summed E-state index contributed by atoms with van der Waals surface area (Å²) in [6, 6.07) is 7.32. The van der Waals surface area contributed by atoms with Crippen molar-refractivity contribution in [2.45, 2.75) is 51.9 Å². The second kappa shape index (κ2) is 11.0. The lowest BCUT2D eigenvalue weighted by molar-refractivity contribution is 0.199. The molecule has 0 aliphatic heterocycles. The molecule has 1 radical (unpaired) electrons. The second-order valence-corrected chi connectivity index (χ2v) is 5.02. The Morgan fingerprint density at radius 1 is 1.10 bits per heavy atom. The maximum Gasteiger partial charge on any atom is 0.411 e. The van der Waals surface area contributed by atoms with Crippen LogP contribution in [0, 0.1) is 7.11 Å². The number of unbranched alkanes of at least 4 members (excludes halogenated alkanes) is 6. The van der Waals surface area contributed by atoms with Crippen molar-refractivity contribution >= 4 is 11.8 Å². The Balaban J connectivity index is 2.24. The van der Waals surface area contributed by atoms with E-state index in [1.807, 2.05) is 18.2 Å². The Kier molecular flexibility index (Phi) is 9.09. The molecule has 0 fully saturated rings. The molecule has 4 nitrogen and oxygen atoms in total. The predicted molar refractivity (Wildman–Crippen MR) is 85.4 cm³/mol. The van der Waals surface area contributed by atoms with Crippen LogP contribution < -0.4 is 10.1 Å². The van der Waals surface area contributed by atoms with Crippen molar-refractivity contribution in [2.24, 2.45) is 0 Å². The maximum absolute atomic E-state index is 11.2. The van der Waals surface area contributed by atoms with E-state index < -0.39 is 6.09 Å². The van der Waals surface area contributed by atoms with Gasteiger partial charge in [-0.2, -0.15) is 0 Å². The molecular formula is C17H26NO3. The largest absolute Gasteiger partial charge is 0.491 e. The molecule has 0 saturated heterocycles. The van der Waals surface area contributed by atoms with Crippen LogP contribution in [-0.4, -0.2) is 12.7 Å². The van der Waals surface area contributed by atoms with E-state index in [0.29, 0.717) is 18.0 Å². The van der Waals surface area contributed by atoms with E-state index in [-0.39, 0.29) is 0 Å². The number of benzene rings is 1.